The molecule has 2 N–H and O–H groups in total. The van der Waals surface area contributed by atoms with Crippen LogP contribution in [0.5, 0.6) is 0 Å². The maximum absolute atomic E-state index is 12.4. The summed E-state index contributed by atoms with van der Waals surface area (Å²) in [7, 11) is 0. The van der Waals surface area contributed by atoms with Crippen molar-refractivity contribution in [2.45, 2.75) is 13.0 Å². The molecule has 0 unspecified atom stereocenters. The first-order valence-electron chi connectivity index (χ1n) is 7.48. The average Bonchev–Trinajstić information content (AvgIpc) is 3.11. The largest absolute Gasteiger partial charge is 0.463 e. The monoisotopic (exact) mass is 376 g/mol. The van der Waals surface area contributed by atoms with Gasteiger partial charge in [0.05, 0.1) is 28.0 Å². The summed E-state index contributed by atoms with van der Waals surface area (Å²) in [6.07, 6.45) is 1.51. The highest BCUT2D eigenvalue weighted by Gasteiger charge is 2.16. The number of halogens is 2. The van der Waals surface area contributed by atoms with Gasteiger partial charge in [-0.15, -0.1) is 0 Å². The Hall–Kier alpha value is -2.50. The molecule has 7 heteroatoms. The van der Waals surface area contributed by atoms with Crippen LogP contribution in [0.4, 0.5) is 0 Å². The molecule has 0 radical (unpaired) electrons. The highest BCUT2D eigenvalue weighted by atomic mass is 35.5. The van der Waals surface area contributed by atoms with Crippen LogP contribution in [-0.4, -0.2) is 10.9 Å². The number of pyridine rings is 1. The Morgan fingerprint density at radius 2 is 1.96 bits per heavy atom. The summed E-state index contributed by atoms with van der Waals surface area (Å²) in [5, 5.41) is 3.61. The molecule has 5 nitrogen and oxygen atoms in total. The van der Waals surface area contributed by atoms with Crippen LogP contribution in [0.25, 0.3) is 11.5 Å². The molecule has 1 amide bonds. The predicted molar refractivity (Wildman–Crippen MR) is 97.1 cm³/mol. The fraction of sp³-hybridized carbons (Fsp3) is 0.111. The van der Waals surface area contributed by atoms with Crippen LogP contribution in [0.3, 0.4) is 0 Å². The van der Waals surface area contributed by atoms with Crippen molar-refractivity contribution < 1.29 is 9.21 Å². The molecule has 0 aliphatic rings. The zero-order valence-corrected chi connectivity index (χ0v) is 14.7. The topological polar surface area (TPSA) is 75.1 Å². The fourth-order valence-corrected chi connectivity index (χ4v) is 2.67. The van der Waals surface area contributed by atoms with Crippen molar-refractivity contribution in [3.63, 3.8) is 0 Å². The standard InChI is InChI=1S/C18H14Cl2N2O3/c1-10(11-4-6-13(19)14(20)9-11)21-17(23)12-5-7-15(22-18(12)24)16-3-2-8-25-16/h2-10H,1H3,(H,21,23)(H,22,24)/t10-/m0/s1. The van der Waals surface area contributed by atoms with E-state index in [1.165, 1.54) is 12.3 Å². The number of benzene rings is 1. The number of furan rings is 1. The zero-order valence-electron chi connectivity index (χ0n) is 13.2. The van der Waals surface area contributed by atoms with Gasteiger partial charge < -0.3 is 14.7 Å². The molecule has 1 atom stereocenters. The number of carbonyl (C=O) groups excluding carboxylic acids is 1. The molecule has 0 aliphatic heterocycles. The first-order valence-corrected chi connectivity index (χ1v) is 8.24. The van der Waals surface area contributed by atoms with Gasteiger partial charge in [-0.1, -0.05) is 29.3 Å². The minimum atomic E-state index is -0.493. The first-order chi connectivity index (χ1) is 12.0. The fourth-order valence-electron chi connectivity index (χ4n) is 2.37. The molecule has 0 saturated carbocycles. The smallest absolute Gasteiger partial charge is 0.261 e. The number of nitrogens with one attached hydrogen (secondary N) is 2. The van der Waals surface area contributed by atoms with Gasteiger partial charge in [-0.25, -0.2) is 0 Å². The third-order valence-electron chi connectivity index (χ3n) is 3.73. The van der Waals surface area contributed by atoms with Crippen LogP contribution in [0.1, 0.15) is 28.9 Å². The average molecular weight is 377 g/mol. The minimum absolute atomic E-state index is 0.0159. The Morgan fingerprint density at radius 1 is 1.16 bits per heavy atom. The van der Waals surface area contributed by atoms with Gasteiger partial charge in [0.25, 0.3) is 11.5 Å². The van der Waals surface area contributed by atoms with E-state index in [1.807, 2.05) is 0 Å². The SMILES string of the molecule is C[C@H](NC(=O)c1ccc(-c2ccco2)[nH]c1=O)c1ccc(Cl)c(Cl)c1. The lowest BCUT2D eigenvalue weighted by Crippen LogP contribution is -2.31. The van der Waals surface area contributed by atoms with E-state index in [1.54, 1.807) is 43.3 Å². The van der Waals surface area contributed by atoms with Gasteiger partial charge in [0.2, 0.25) is 0 Å². The maximum Gasteiger partial charge on any atom is 0.261 e. The van der Waals surface area contributed by atoms with Gasteiger partial charge >= 0.3 is 0 Å². The van der Waals surface area contributed by atoms with Gasteiger partial charge in [-0.3, -0.25) is 9.59 Å². The number of aromatic amines is 1. The summed E-state index contributed by atoms with van der Waals surface area (Å²) < 4.78 is 5.22. The minimum Gasteiger partial charge on any atom is -0.463 e. The molecular weight excluding hydrogens is 363 g/mol. The molecule has 0 fully saturated rings. The lowest BCUT2D eigenvalue weighted by atomic mass is 10.1. The van der Waals surface area contributed by atoms with E-state index in [-0.39, 0.29) is 11.6 Å². The lowest BCUT2D eigenvalue weighted by Gasteiger charge is -2.15. The lowest BCUT2D eigenvalue weighted by molar-refractivity contribution is 0.0938. The Morgan fingerprint density at radius 3 is 2.60 bits per heavy atom. The van der Waals surface area contributed by atoms with E-state index in [2.05, 4.69) is 10.3 Å². The Labute approximate surface area is 153 Å². The van der Waals surface area contributed by atoms with Crippen molar-refractivity contribution in [1.82, 2.24) is 10.3 Å². The van der Waals surface area contributed by atoms with Crippen molar-refractivity contribution in [3.05, 3.63) is 80.3 Å². The van der Waals surface area contributed by atoms with Crippen molar-refractivity contribution in [1.29, 1.82) is 0 Å². The van der Waals surface area contributed by atoms with Crippen LogP contribution in [0.15, 0.2) is 57.9 Å². The van der Waals surface area contributed by atoms with Gasteiger partial charge in [0.15, 0.2) is 0 Å². The number of carbonyl (C=O) groups is 1. The van der Waals surface area contributed by atoms with E-state index in [4.69, 9.17) is 27.6 Å². The molecule has 25 heavy (non-hydrogen) atoms. The normalized spacial score (nSPS) is 12.0. The molecular formula is C18H14Cl2N2O3. The van der Waals surface area contributed by atoms with Crippen LogP contribution in [0.2, 0.25) is 10.0 Å². The summed E-state index contributed by atoms with van der Waals surface area (Å²) in [6.45, 7) is 1.79. The van der Waals surface area contributed by atoms with Crippen LogP contribution < -0.4 is 10.9 Å². The van der Waals surface area contributed by atoms with Crippen molar-refractivity contribution in [2.24, 2.45) is 0 Å². The second-order valence-corrected chi connectivity index (χ2v) is 6.28. The third-order valence-corrected chi connectivity index (χ3v) is 4.47. The van der Waals surface area contributed by atoms with Crippen molar-refractivity contribution >= 4 is 29.1 Å². The molecule has 2 heterocycles. The summed E-state index contributed by atoms with van der Waals surface area (Å²) in [5.41, 5.74) is 0.811. The van der Waals surface area contributed by atoms with Crippen molar-refractivity contribution in [3.8, 4) is 11.5 Å². The zero-order chi connectivity index (χ0) is 18.0. The van der Waals surface area contributed by atoms with Crippen molar-refractivity contribution in [2.75, 3.05) is 0 Å². The van der Waals surface area contributed by atoms with Crippen LogP contribution >= 0.6 is 23.2 Å². The van der Waals surface area contributed by atoms with Crippen LogP contribution in [-0.2, 0) is 0 Å². The van der Waals surface area contributed by atoms with E-state index in [0.717, 1.165) is 5.56 Å². The number of rotatable bonds is 4. The second kappa shape index (κ2) is 7.17. The molecule has 0 spiro atoms. The van der Waals surface area contributed by atoms with Gasteiger partial charge in [0.1, 0.15) is 11.3 Å². The Balaban J connectivity index is 1.79. The van der Waals surface area contributed by atoms with E-state index in [0.29, 0.717) is 21.5 Å². The molecule has 128 valence electrons. The molecule has 3 aromatic rings. The summed E-state index contributed by atoms with van der Waals surface area (Å²) in [5.74, 6) is 0.0408. The molecule has 0 aliphatic carbocycles. The quantitative estimate of drug-likeness (QED) is 0.706. The Bertz CT molecular complexity index is 965. The van der Waals surface area contributed by atoms with E-state index < -0.39 is 11.5 Å². The van der Waals surface area contributed by atoms with E-state index >= 15 is 0 Å². The summed E-state index contributed by atoms with van der Waals surface area (Å²) in [6, 6.07) is 11.3. The summed E-state index contributed by atoms with van der Waals surface area (Å²) >= 11 is 11.9. The molecule has 0 bridgehead atoms. The van der Waals surface area contributed by atoms with Gasteiger partial charge in [-0.05, 0) is 48.9 Å². The Kier molecular flexibility index (Phi) is 4.97. The molecule has 3 rings (SSSR count). The van der Waals surface area contributed by atoms with Gasteiger partial charge in [0, 0.05) is 0 Å². The number of H-pyrrole nitrogens is 1. The third kappa shape index (κ3) is 3.78. The number of aromatic nitrogens is 1. The van der Waals surface area contributed by atoms with E-state index in [9.17, 15) is 9.59 Å². The predicted octanol–water partition coefficient (Wildman–Crippen LogP) is 4.43. The number of hydrogen-bond donors (Lipinski definition) is 2. The molecule has 0 saturated heterocycles. The summed E-state index contributed by atoms with van der Waals surface area (Å²) in [4.78, 5) is 27.2. The first kappa shape index (κ1) is 17.3. The van der Waals surface area contributed by atoms with Crippen LogP contribution in [0, 0.1) is 0 Å². The number of hydrogen-bond acceptors (Lipinski definition) is 3. The van der Waals surface area contributed by atoms with Gasteiger partial charge in [-0.2, -0.15) is 0 Å². The highest BCUT2D eigenvalue weighted by Crippen LogP contribution is 2.25. The number of amides is 1. The molecule has 2 aromatic heterocycles. The second-order valence-electron chi connectivity index (χ2n) is 5.46. The maximum atomic E-state index is 12.4. The highest BCUT2D eigenvalue weighted by molar-refractivity contribution is 6.42. The molecule has 1 aromatic carbocycles.